The number of ether oxygens (including phenoxy) is 2. The van der Waals surface area contributed by atoms with Crippen molar-refractivity contribution in [2.45, 2.75) is 56.8 Å². The van der Waals surface area contributed by atoms with Gasteiger partial charge >= 0.3 is 0 Å². The van der Waals surface area contributed by atoms with Gasteiger partial charge < -0.3 is 19.3 Å². The Morgan fingerprint density at radius 3 is 2.67 bits per heavy atom. The van der Waals surface area contributed by atoms with E-state index < -0.39 is 0 Å². The topological polar surface area (TPSA) is 76.9 Å². The number of carbonyl (C=O) groups excluding carboxylic acids is 2. The summed E-state index contributed by atoms with van der Waals surface area (Å²) < 4.78 is 12.8. The highest BCUT2D eigenvalue weighted by molar-refractivity contribution is 5.93. The molecule has 3 aliphatic rings. The Labute approximate surface area is 159 Å². The third-order valence-corrected chi connectivity index (χ3v) is 6.38. The van der Waals surface area contributed by atoms with Gasteiger partial charge in [-0.25, -0.2) is 0 Å². The molecule has 8 heteroatoms. The van der Waals surface area contributed by atoms with E-state index in [9.17, 15) is 9.59 Å². The molecule has 0 aromatic carbocycles. The Balaban J connectivity index is 1.43. The van der Waals surface area contributed by atoms with E-state index in [2.05, 4.69) is 10.00 Å². The van der Waals surface area contributed by atoms with Crippen molar-refractivity contribution in [3.05, 3.63) is 18.0 Å². The summed E-state index contributed by atoms with van der Waals surface area (Å²) in [4.78, 5) is 29.5. The zero-order valence-electron chi connectivity index (χ0n) is 16.1. The smallest absolute Gasteiger partial charge is 0.272 e. The highest BCUT2D eigenvalue weighted by Crippen LogP contribution is 2.45. The molecule has 3 aliphatic heterocycles. The standard InChI is InChI=1S/C19H28N4O4/c1-3-22-15(4-9-20-22)17(24)21-10-5-14(6-11-21)23-18(25)16(26-2)19(23)7-12-27-13-8-19/h4,9,14,16H,3,5-8,10-13H2,1-2H3. The van der Waals surface area contributed by atoms with Gasteiger partial charge in [-0.15, -0.1) is 0 Å². The van der Waals surface area contributed by atoms with Gasteiger partial charge in [-0.3, -0.25) is 14.3 Å². The molecule has 3 fully saturated rings. The van der Waals surface area contributed by atoms with Crippen molar-refractivity contribution >= 4 is 11.8 Å². The lowest BCUT2D eigenvalue weighted by Gasteiger charge is -2.61. The van der Waals surface area contributed by atoms with E-state index in [4.69, 9.17) is 9.47 Å². The molecule has 148 valence electrons. The number of nitrogens with zero attached hydrogens (tertiary/aromatic N) is 4. The van der Waals surface area contributed by atoms with Crippen molar-refractivity contribution in [1.29, 1.82) is 0 Å². The zero-order valence-corrected chi connectivity index (χ0v) is 16.1. The fourth-order valence-corrected chi connectivity index (χ4v) is 4.98. The monoisotopic (exact) mass is 376 g/mol. The van der Waals surface area contributed by atoms with Crippen molar-refractivity contribution in [2.24, 2.45) is 0 Å². The molecule has 2 amide bonds. The lowest BCUT2D eigenvalue weighted by Crippen LogP contribution is -2.79. The van der Waals surface area contributed by atoms with Crippen molar-refractivity contribution in [3.8, 4) is 0 Å². The molecule has 0 aliphatic carbocycles. The minimum Gasteiger partial charge on any atom is -0.381 e. The summed E-state index contributed by atoms with van der Waals surface area (Å²) in [6.07, 6.45) is 4.58. The maximum Gasteiger partial charge on any atom is 0.272 e. The number of carbonyl (C=O) groups is 2. The molecule has 0 bridgehead atoms. The van der Waals surface area contributed by atoms with E-state index in [1.807, 2.05) is 11.8 Å². The van der Waals surface area contributed by atoms with Gasteiger partial charge in [0.2, 0.25) is 0 Å². The van der Waals surface area contributed by atoms with Crippen LogP contribution in [-0.2, 0) is 20.8 Å². The maximum atomic E-state index is 12.8. The number of aryl methyl sites for hydroxylation is 1. The number of hydrogen-bond donors (Lipinski definition) is 0. The Morgan fingerprint density at radius 1 is 1.33 bits per heavy atom. The number of β-lactam (4-membered cyclic amide) rings is 1. The number of likely N-dealkylation sites (tertiary alicyclic amines) is 2. The van der Waals surface area contributed by atoms with Crippen LogP contribution >= 0.6 is 0 Å². The minimum atomic E-state index is -0.347. The number of methoxy groups -OCH3 is 1. The van der Waals surface area contributed by atoms with Crippen LogP contribution < -0.4 is 0 Å². The lowest BCUT2D eigenvalue weighted by atomic mass is 9.72. The first-order valence-corrected chi connectivity index (χ1v) is 9.87. The molecule has 0 saturated carbocycles. The van der Waals surface area contributed by atoms with Gasteiger partial charge in [0.15, 0.2) is 6.10 Å². The molecule has 1 unspecified atom stereocenters. The molecular weight excluding hydrogens is 348 g/mol. The molecule has 1 spiro atoms. The molecular formula is C19H28N4O4. The van der Waals surface area contributed by atoms with Gasteiger partial charge in [-0.1, -0.05) is 0 Å². The summed E-state index contributed by atoms with van der Waals surface area (Å²) >= 11 is 0. The molecule has 27 heavy (non-hydrogen) atoms. The van der Waals surface area contributed by atoms with Crippen LogP contribution in [0.25, 0.3) is 0 Å². The normalized spacial score (nSPS) is 25.7. The Bertz CT molecular complexity index is 704. The Hall–Kier alpha value is -1.93. The second-order valence-corrected chi connectivity index (χ2v) is 7.60. The first-order valence-electron chi connectivity index (χ1n) is 9.87. The van der Waals surface area contributed by atoms with Gasteiger partial charge in [-0.05, 0) is 38.7 Å². The average Bonchev–Trinajstić information content (AvgIpc) is 3.18. The molecule has 4 heterocycles. The molecule has 0 N–H and O–H groups in total. The van der Waals surface area contributed by atoms with Crippen LogP contribution in [0.4, 0.5) is 0 Å². The predicted octanol–water partition coefficient (Wildman–Crippen LogP) is 0.914. The number of aromatic nitrogens is 2. The van der Waals surface area contributed by atoms with Gasteiger partial charge in [0.25, 0.3) is 11.8 Å². The van der Waals surface area contributed by atoms with Crippen LogP contribution in [0, 0.1) is 0 Å². The third kappa shape index (κ3) is 2.86. The average molecular weight is 376 g/mol. The minimum absolute atomic E-state index is 0.0262. The van der Waals surface area contributed by atoms with E-state index in [0.717, 1.165) is 25.7 Å². The van der Waals surface area contributed by atoms with Crippen LogP contribution in [0.15, 0.2) is 12.3 Å². The highest BCUT2D eigenvalue weighted by atomic mass is 16.5. The number of hydrogen-bond acceptors (Lipinski definition) is 5. The summed E-state index contributed by atoms with van der Waals surface area (Å²) in [5, 5.41) is 4.19. The van der Waals surface area contributed by atoms with Gasteiger partial charge in [0, 0.05) is 52.2 Å². The van der Waals surface area contributed by atoms with E-state index in [1.165, 1.54) is 0 Å². The van der Waals surface area contributed by atoms with E-state index >= 15 is 0 Å². The molecule has 3 saturated heterocycles. The first-order chi connectivity index (χ1) is 13.1. The zero-order chi connectivity index (χ0) is 19.0. The molecule has 1 atom stereocenters. The molecule has 8 nitrogen and oxygen atoms in total. The van der Waals surface area contributed by atoms with Gasteiger partial charge in [-0.2, -0.15) is 5.10 Å². The van der Waals surface area contributed by atoms with Crippen LogP contribution in [0.2, 0.25) is 0 Å². The van der Waals surface area contributed by atoms with Crippen LogP contribution in [0.1, 0.15) is 43.1 Å². The summed E-state index contributed by atoms with van der Waals surface area (Å²) in [6, 6.07) is 1.94. The summed E-state index contributed by atoms with van der Waals surface area (Å²) in [6.45, 7) is 5.31. The van der Waals surface area contributed by atoms with Crippen molar-refractivity contribution in [3.63, 3.8) is 0 Å². The predicted molar refractivity (Wildman–Crippen MR) is 97.3 cm³/mol. The number of rotatable bonds is 4. The van der Waals surface area contributed by atoms with Crippen molar-refractivity contribution < 1.29 is 19.1 Å². The second-order valence-electron chi connectivity index (χ2n) is 7.60. The summed E-state index contributed by atoms with van der Waals surface area (Å²) in [5.74, 6) is 0.117. The van der Waals surface area contributed by atoms with E-state index in [1.54, 1.807) is 24.1 Å². The molecule has 0 radical (unpaired) electrons. The first kappa shape index (κ1) is 18.4. The van der Waals surface area contributed by atoms with E-state index in [-0.39, 0.29) is 29.5 Å². The SMILES string of the molecule is CCn1nccc1C(=O)N1CCC(N2C(=O)C(OC)C23CCOCC3)CC1. The number of piperidine rings is 1. The van der Waals surface area contributed by atoms with Crippen LogP contribution in [-0.4, -0.2) is 82.5 Å². The number of amides is 2. The molecule has 1 aromatic heterocycles. The summed E-state index contributed by atoms with van der Waals surface area (Å²) in [7, 11) is 1.62. The van der Waals surface area contributed by atoms with Crippen LogP contribution in [0.5, 0.6) is 0 Å². The Kier molecular flexibility index (Phi) is 4.94. The maximum absolute atomic E-state index is 12.8. The largest absolute Gasteiger partial charge is 0.381 e. The highest BCUT2D eigenvalue weighted by Gasteiger charge is 2.62. The third-order valence-electron chi connectivity index (χ3n) is 6.38. The van der Waals surface area contributed by atoms with Gasteiger partial charge in [0.05, 0.1) is 5.54 Å². The van der Waals surface area contributed by atoms with Gasteiger partial charge in [0.1, 0.15) is 5.69 Å². The quantitative estimate of drug-likeness (QED) is 0.730. The molecule has 4 rings (SSSR count). The van der Waals surface area contributed by atoms with Crippen molar-refractivity contribution in [1.82, 2.24) is 19.6 Å². The second kappa shape index (κ2) is 7.24. The fourth-order valence-electron chi connectivity index (χ4n) is 4.98. The van der Waals surface area contributed by atoms with E-state index in [0.29, 0.717) is 38.5 Å². The molecule has 1 aromatic rings. The summed E-state index contributed by atoms with van der Waals surface area (Å²) in [5.41, 5.74) is 0.415. The fraction of sp³-hybridized carbons (Fsp3) is 0.737. The Morgan fingerprint density at radius 2 is 2.04 bits per heavy atom. The van der Waals surface area contributed by atoms with Crippen LogP contribution in [0.3, 0.4) is 0 Å². The lowest BCUT2D eigenvalue weighted by molar-refractivity contribution is -0.213. The van der Waals surface area contributed by atoms with Crippen molar-refractivity contribution in [2.75, 3.05) is 33.4 Å².